The number of anilines is 1. The first-order valence-electron chi connectivity index (χ1n) is 10.4. The lowest BCUT2D eigenvalue weighted by Gasteiger charge is -2.15. The van der Waals surface area contributed by atoms with Gasteiger partial charge in [0.1, 0.15) is 0 Å². The van der Waals surface area contributed by atoms with Crippen LogP contribution in [0.3, 0.4) is 0 Å². The molecular weight excluding hydrogens is 478 g/mol. The molecule has 0 bridgehead atoms. The van der Waals surface area contributed by atoms with Crippen LogP contribution in [-0.4, -0.2) is 45.4 Å². The van der Waals surface area contributed by atoms with Crippen molar-refractivity contribution in [3.05, 3.63) is 70.5 Å². The highest BCUT2D eigenvalue weighted by molar-refractivity contribution is 7.99. The van der Waals surface area contributed by atoms with Gasteiger partial charge in [-0.2, -0.15) is 0 Å². The molecule has 2 N–H and O–H groups in total. The highest BCUT2D eigenvalue weighted by Crippen LogP contribution is 2.25. The minimum absolute atomic E-state index is 0.0433. The molecule has 0 aliphatic carbocycles. The van der Waals surface area contributed by atoms with Crippen molar-refractivity contribution in [2.75, 3.05) is 18.2 Å². The van der Waals surface area contributed by atoms with Gasteiger partial charge in [-0.1, -0.05) is 41.6 Å². The van der Waals surface area contributed by atoms with Crippen LogP contribution in [-0.2, 0) is 16.1 Å². The number of methoxy groups -OCH3 is 1. The summed E-state index contributed by atoms with van der Waals surface area (Å²) in [6, 6.07) is 13.0. The zero-order chi connectivity index (χ0) is 24.7. The van der Waals surface area contributed by atoms with Gasteiger partial charge in [-0.15, -0.1) is 10.2 Å². The molecule has 0 aliphatic heterocycles. The van der Waals surface area contributed by atoms with Crippen LogP contribution >= 0.6 is 23.4 Å². The van der Waals surface area contributed by atoms with E-state index in [1.54, 1.807) is 24.3 Å². The number of amides is 2. The summed E-state index contributed by atoms with van der Waals surface area (Å²) in [4.78, 5) is 36.7. The highest BCUT2D eigenvalue weighted by Gasteiger charge is 2.20. The lowest BCUT2D eigenvalue weighted by molar-refractivity contribution is -0.113. The maximum atomic E-state index is 12.5. The van der Waals surface area contributed by atoms with Crippen molar-refractivity contribution in [1.29, 1.82) is 0 Å². The molecule has 0 saturated heterocycles. The van der Waals surface area contributed by atoms with Crippen molar-refractivity contribution in [2.45, 2.75) is 31.6 Å². The third kappa shape index (κ3) is 6.15. The molecule has 2 aromatic carbocycles. The fraction of sp³-hybridized carbons (Fsp3) is 0.261. The average Bonchev–Trinajstić information content (AvgIpc) is 3.27. The van der Waals surface area contributed by atoms with Crippen molar-refractivity contribution < 1.29 is 19.1 Å². The minimum atomic E-state index is -0.529. The Labute approximate surface area is 206 Å². The van der Waals surface area contributed by atoms with E-state index in [4.69, 9.17) is 16.3 Å². The number of carbonyl (C=O) groups excluding carboxylic acids is 3. The topological polar surface area (TPSA) is 115 Å². The van der Waals surface area contributed by atoms with E-state index in [2.05, 4.69) is 20.8 Å². The van der Waals surface area contributed by atoms with Crippen LogP contribution in [0.1, 0.15) is 46.4 Å². The summed E-state index contributed by atoms with van der Waals surface area (Å²) in [5, 5.41) is 14.9. The Balaban J connectivity index is 1.64. The number of hydrogen-bond donors (Lipinski definition) is 2. The monoisotopic (exact) mass is 501 g/mol. The summed E-state index contributed by atoms with van der Waals surface area (Å²) < 4.78 is 6.54. The van der Waals surface area contributed by atoms with Crippen LogP contribution in [0.5, 0.6) is 0 Å². The molecule has 1 aromatic heterocycles. The normalized spacial score (nSPS) is 11.5. The summed E-state index contributed by atoms with van der Waals surface area (Å²) >= 11 is 7.35. The van der Waals surface area contributed by atoms with Crippen molar-refractivity contribution in [3.63, 3.8) is 0 Å². The van der Waals surface area contributed by atoms with Gasteiger partial charge < -0.3 is 19.9 Å². The summed E-state index contributed by atoms with van der Waals surface area (Å²) in [5.74, 6) is -0.436. The smallest absolute Gasteiger partial charge is 0.337 e. The molecule has 0 radical (unpaired) electrons. The number of hydrogen-bond acceptors (Lipinski definition) is 7. The summed E-state index contributed by atoms with van der Waals surface area (Å²) in [6.07, 6.45) is 0. The number of nitrogens with one attached hydrogen (secondary N) is 2. The van der Waals surface area contributed by atoms with Crippen LogP contribution in [0.15, 0.2) is 53.7 Å². The second-order valence-corrected chi connectivity index (χ2v) is 8.52. The van der Waals surface area contributed by atoms with Crippen molar-refractivity contribution >= 4 is 46.8 Å². The van der Waals surface area contributed by atoms with Crippen molar-refractivity contribution in [3.8, 4) is 0 Å². The van der Waals surface area contributed by atoms with Crippen LogP contribution in [0.2, 0.25) is 5.02 Å². The molecule has 0 saturated carbocycles. The first kappa shape index (κ1) is 25.3. The maximum absolute atomic E-state index is 12.5. The van der Waals surface area contributed by atoms with Gasteiger partial charge in [0, 0.05) is 12.1 Å². The molecule has 0 fully saturated rings. The van der Waals surface area contributed by atoms with Crippen LogP contribution in [0.4, 0.5) is 5.69 Å². The third-order valence-corrected chi connectivity index (χ3v) is 6.12. The number of thioether (sulfide) groups is 1. The molecule has 0 aliphatic rings. The SMILES string of the molecule is CCn1c(SCC(=O)Nc2cc(C(=O)OC)ccc2Cl)nnc1C(C)NC(=O)c1ccccc1. The molecule has 1 unspecified atom stereocenters. The second-order valence-electron chi connectivity index (χ2n) is 7.17. The first-order valence-corrected chi connectivity index (χ1v) is 11.8. The predicted octanol–water partition coefficient (Wildman–Crippen LogP) is 3.96. The fourth-order valence-electron chi connectivity index (χ4n) is 3.14. The Hall–Kier alpha value is -3.37. The number of aromatic nitrogens is 3. The number of carbonyl (C=O) groups is 3. The Kier molecular flexibility index (Phi) is 8.67. The van der Waals surface area contributed by atoms with Gasteiger partial charge in [-0.05, 0) is 44.2 Å². The van der Waals surface area contributed by atoms with E-state index in [0.717, 1.165) is 0 Å². The van der Waals surface area contributed by atoms with E-state index in [0.29, 0.717) is 33.8 Å². The third-order valence-electron chi connectivity index (χ3n) is 4.83. The number of rotatable bonds is 9. The quantitative estimate of drug-likeness (QED) is 0.337. The Morgan fingerprint density at radius 3 is 2.53 bits per heavy atom. The molecule has 34 heavy (non-hydrogen) atoms. The lowest BCUT2D eigenvalue weighted by atomic mass is 10.2. The molecule has 178 valence electrons. The largest absolute Gasteiger partial charge is 0.465 e. The predicted molar refractivity (Wildman–Crippen MR) is 130 cm³/mol. The van der Waals surface area contributed by atoms with Gasteiger partial charge in [0.05, 0.1) is 35.2 Å². The molecule has 1 heterocycles. The molecule has 11 heteroatoms. The van der Waals surface area contributed by atoms with Crippen LogP contribution in [0, 0.1) is 0 Å². The van der Waals surface area contributed by atoms with Crippen molar-refractivity contribution in [1.82, 2.24) is 20.1 Å². The summed E-state index contributed by atoms with van der Waals surface area (Å²) in [5.41, 5.74) is 1.14. The van der Waals surface area contributed by atoms with Gasteiger partial charge in [0.25, 0.3) is 5.91 Å². The van der Waals surface area contributed by atoms with E-state index in [-0.39, 0.29) is 29.2 Å². The molecule has 3 rings (SSSR count). The van der Waals surface area contributed by atoms with E-state index >= 15 is 0 Å². The fourth-order valence-corrected chi connectivity index (χ4v) is 4.11. The summed E-state index contributed by atoms with van der Waals surface area (Å²) in [6.45, 7) is 4.32. The zero-order valence-electron chi connectivity index (χ0n) is 18.9. The van der Waals surface area contributed by atoms with Crippen LogP contribution < -0.4 is 10.6 Å². The molecule has 2 amide bonds. The Morgan fingerprint density at radius 2 is 1.85 bits per heavy atom. The van der Waals surface area contributed by atoms with Gasteiger partial charge >= 0.3 is 5.97 Å². The van der Waals surface area contributed by atoms with Gasteiger partial charge in [0.2, 0.25) is 5.91 Å². The molecule has 3 aromatic rings. The minimum Gasteiger partial charge on any atom is -0.465 e. The first-order chi connectivity index (χ1) is 16.3. The van der Waals surface area contributed by atoms with Crippen LogP contribution in [0.25, 0.3) is 0 Å². The molecule has 0 spiro atoms. The standard InChI is InChI=1S/C23H24ClN5O4S/c1-4-29-20(14(2)25-21(31)15-8-6-5-7-9-15)27-28-23(29)34-13-19(30)26-18-12-16(22(32)33-3)10-11-17(18)24/h5-12,14H,4,13H2,1-3H3,(H,25,31)(H,26,30). The van der Waals surface area contributed by atoms with E-state index in [1.807, 2.05) is 24.5 Å². The Bertz CT molecular complexity index is 1190. The number of halogens is 1. The van der Waals surface area contributed by atoms with Gasteiger partial charge in [0.15, 0.2) is 11.0 Å². The molecule has 1 atom stereocenters. The molecule has 9 nitrogen and oxygen atoms in total. The number of nitrogens with zero attached hydrogens (tertiary/aromatic N) is 3. The zero-order valence-corrected chi connectivity index (χ0v) is 20.4. The second kappa shape index (κ2) is 11.7. The number of ether oxygens (including phenoxy) is 1. The average molecular weight is 502 g/mol. The maximum Gasteiger partial charge on any atom is 0.337 e. The van der Waals surface area contributed by atoms with E-state index < -0.39 is 5.97 Å². The Morgan fingerprint density at radius 1 is 1.12 bits per heavy atom. The lowest BCUT2D eigenvalue weighted by Crippen LogP contribution is -2.28. The highest BCUT2D eigenvalue weighted by atomic mass is 35.5. The number of esters is 1. The van der Waals surface area contributed by atoms with Crippen molar-refractivity contribution in [2.24, 2.45) is 0 Å². The van der Waals surface area contributed by atoms with Gasteiger partial charge in [-0.3, -0.25) is 9.59 Å². The summed E-state index contributed by atoms with van der Waals surface area (Å²) in [7, 11) is 1.28. The van der Waals surface area contributed by atoms with E-state index in [9.17, 15) is 14.4 Å². The molecular formula is C23H24ClN5O4S. The number of benzene rings is 2. The van der Waals surface area contributed by atoms with Gasteiger partial charge in [-0.25, -0.2) is 4.79 Å². The van der Waals surface area contributed by atoms with E-state index in [1.165, 1.54) is 37.1 Å².